The molecule has 0 unspecified atom stereocenters. The molecular weight excluding hydrogens is 286 g/mol. The maximum absolute atomic E-state index is 12.9. The highest BCUT2D eigenvalue weighted by molar-refractivity contribution is 7.89. The van der Waals surface area contributed by atoms with Crippen molar-refractivity contribution in [1.29, 1.82) is 0 Å². The van der Waals surface area contributed by atoms with Crippen molar-refractivity contribution in [3.05, 3.63) is 42.5 Å². The third-order valence-electron chi connectivity index (χ3n) is 4.11. The van der Waals surface area contributed by atoms with E-state index in [-0.39, 0.29) is 6.04 Å². The van der Waals surface area contributed by atoms with Crippen LogP contribution in [-0.2, 0) is 14.8 Å². The van der Waals surface area contributed by atoms with Crippen LogP contribution >= 0.6 is 0 Å². The molecule has 1 aliphatic rings. The molecule has 0 radical (unpaired) electrons. The minimum Gasteiger partial charge on any atom is -0.381 e. The molecule has 2 aromatic carbocycles. The van der Waals surface area contributed by atoms with E-state index in [4.69, 9.17) is 4.74 Å². The van der Waals surface area contributed by atoms with Gasteiger partial charge in [0.2, 0.25) is 10.0 Å². The molecule has 1 aliphatic heterocycles. The molecule has 1 fully saturated rings. The first-order chi connectivity index (χ1) is 10.1. The van der Waals surface area contributed by atoms with Gasteiger partial charge in [-0.1, -0.05) is 36.4 Å². The Hall–Kier alpha value is -1.43. The van der Waals surface area contributed by atoms with Gasteiger partial charge in [-0.25, -0.2) is 8.42 Å². The van der Waals surface area contributed by atoms with Gasteiger partial charge < -0.3 is 4.74 Å². The monoisotopic (exact) mass is 305 g/mol. The average Bonchev–Trinajstić information content (AvgIpc) is 2.54. The second kappa shape index (κ2) is 5.75. The molecule has 2 aromatic rings. The van der Waals surface area contributed by atoms with Gasteiger partial charge >= 0.3 is 0 Å². The van der Waals surface area contributed by atoms with Crippen LogP contribution in [0.4, 0.5) is 0 Å². The number of ether oxygens (including phenoxy) is 1. The minimum absolute atomic E-state index is 0.0164. The van der Waals surface area contributed by atoms with Crippen LogP contribution in [0, 0.1) is 0 Å². The second-order valence-electron chi connectivity index (χ2n) is 5.34. The van der Waals surface area contributed by atoms with Crippen molar-refractivity contribution in [2.24, 2.45) is 0 Å². The number of hydrogen-bond acceptors (Lipinski definition) is 3. The fourth-order valence-corrected chi connectivity index (χ4v) is 4.45. The summed E-state index contributed by atoms with van der Waals surface area (Å²) in [6, 6.07) is 13.0. The highest BCUT2D eigenvalue weighted by Gasteiger charge is 2.30. The lowest BCUT2D eigenvalue weighted by atomic mass is 10.1. The van der Waals surface area contributed by atoms with Gasteiger partial charge in [0.15, 0.2) is 0 Å². The Morgan fingerprint density at radius 1 is 1.05 bits per heavy atom. The Kier molecular flexibility index (Phi) is 3.97. The van der Waals surface area contributed by atoms with Crippen molar-refractivity contribution in [3.63, 3.8) is 0 Å². The fraction of sp³-hybridized carbons (Fsp3) is 0.375. The van der Waals surface area contributed by atoms with E-state index in [1.807, 2.05) is 30.3 Å². The van der Waals surface area contributed by atoms with Crippen LogP contribution in [0.3, 0.4) is 0 Å². The van der Waals surface area contributed by atoms with E-state index >= 15 is 0 Å². The molecule has 3 rings (SSSR count). The number of benzene rings is 2. The van der Waals surface area contributed by atoms with E-state index < -0.39 is 10.0 Å². The van der Waals surface area contributed by atoms with Gasteiger partial charge in [-0.2, -0.15) is 4.31 Å². The van der Waals surface area contributed by atoms with Crippen LogP contribution < -0.4 is 0 Å². The Labute approximate surface area is 125 Å². The first-order valence-corrected chi connectivity index (χ1v) is 8.58. The summed E-state index contributed by atoms with van der Waals surface area (Å²) in [5.74, 6) is 0. The van der Waals surface area contributed by atoms with Gasteiger partial charge in [0.1, 0.15) is 0 Å². The zero-order valence-corrected chi connectivity index (χ0v) is 12.8. The number of rotatable bonds is 3. The predicted molar refractivity (Wildman–Crippen MR) is 82.7 cm³/mol. The van der Waals surface area contributed by atoms with E-state index in [9.17, 15) is 8.42 Å². The number of fused-ring (bicyclic) bond motifs is 1. The SMILES string of the molecule is CN(C1CCOCC1)S(=O)(=O)c1cccc2ccccc12. The van der Waals surface area contributed by atoms with Gasteiger partial charge in [-0.15, -0.1) is 0 Å². The second-order valence-corrected chi connectivity index (χ2v) is 7.31. The Morgan fingerprint density at radius 3 is 2.48 bits per heavy atom. The smallest absolute Gasteiger partial charge is 0.243 e. The highest BCUT2D eigenvalue weighted by Crippen LogP contribution is 2.27. The maximum atomic E-state index is 12.9. The van der Waals surface area contributed by atoms with Crippen molar-refractivity contribution in [3.8, 4) is 0 Å². The molecule has 112 valence electrons. The van der Waals surface area contributed by atoms with Crippen LogP contribution in [0.5, 0.6) is 0 Å². The lowest BCUT2D eigenvalue weighted by molar-refractivity contribution is 0.0632. The van der Waals surface area contributed by atoms with E-state index in [2.05, 4.69) is 0 Å². The summed E-state index contributed by atoms with van der Waals surface area (Å²) in [7, 11) is -1.81. The first-order valence-electron chi connectivity index (χ1n) is 7.14. The summed E-state index contributed by atoms with van der Waals surface area (Å²) in [5.41, 5.74) is 0. The van der Waals surface area contributed by atoms with Crippen LogP contribution in [0.15, 0.2) is 47.4 Å². The maximum Gasteiger partial charge on any atom is 0.243 e. The van der Waals surface area contributed by atoms with Crippen LogP contribution in [0.1, 0.15) is 12.8 Å². The fourth-order valence-electron chi connectivity index (χ4n) is 2.82. The van der Waals surface area contributed by atoms with Gasteiger partial charge in [-0.3, -0.25) is 0 Å². The molecule has 1 saturated heterocycles. The van der Waals surface area contributed by atoms with Gasteiger partial charge in [0, 0.05) is 31.7 Å². The van der Waals surface area contributed by atoms with Gasteiger partial charge in [0.25, 0.3) is 0 Å². The molecule has 0 atom stereocenters. The van der Waals surface area contributed by atoms with E-state index in [1.165, 1.54) is 4.31 Å². The molecule has 0 amide bonds. The van der Waals surface area contributed by atoms with Crippen molar-refractivity contribution in [2.75, 3.05) is 20.3 Å². The molecule has 0 saturated carbocycles. The molecule has 0 bridgehead atoms. The van der Waals surface area contributed by atoms with Crippen LogP contribution in [0.2, 0.25) is 0 Å². The Morgan fingerprint density at radius 2 is 1.71 bits per heavy atom. The van der Waals surface area contributed by atoms with Gasteiger partial charge in [0.05, 0.1) is 4.90 Å². The summed E-state index contributed by atoms with van der Waals surface area (Å²) >= 11 is 0. The van der Waals surface area contributed by atoms with Crippen molar-refractivity contribution < 1.29 is 13.2 Å². The average molecular weight is 305 g/mol. The molecule has 5 heteroatoms. The van der Waals surface area contributed by atoms with E-state index in [0.717, 1.165) is 23.6 Å². The zero-order valence-electron chi connectivity index (χ0n) is 12.0. The van der Waals surface area contributed by atoms with Crippen molar-refractivity contribution in [2.45, 2.75) is 23.8 Å². The minimum atomic E-state index is -3.49. The van der Waals surface area contributed by atoms with Crippen LogP contribution in [-0.4, -0.2) is 39.0 Å². The molecule has 4 nitrogen and oxygen atoms in total. The molecule has 0 aliphatic carbocycles. The van der Waals surface area contributed by atoms with Gasteiger partial charge in [-0.05, 0) is 24.3 Å². The number of nitrogens with zero attached hydrogens (tertiary/aromatic N) is 1. The lowest BCUT2D eigenvalue weighted by Crippen LogP contribution is -2.40. The molecule has 21 heavy (non-hydrogen) atoms. The lowest BCUT2D eigenvalue weighted by Gasteiger charge is -2.30. The molecule has 0 spiro atoms. The highest BCUT2D eigenvalue weighted by atomic mass is 32.2. The third-order valence-corrected chi connectivity index (χ3v) is 6.08. The molecular formula is C16H19NO3S. The topological polar surface area (TPSA) is 46.6 Å². The van der Waals surface area contributed by atoms with Crippen molar-refractivity contribution in [1.82, 2.24) is 4.31 Å². The normalized spacial score (nSPS) is 17.4. The largest absolute Gasteiger partial charge is 0.381 e. The summed E-state index contributed by atoms with van der Waals surface area (Å²) in [4.78, 5) is 0.384. The van der Waals surface area contributed by atoms with Crippen molar-refractivity contribution >= 4 is 20.8 Å². The standard InChI is InChI=1S/C16H19NO3S/c1-17(14-9-11-20-12-10-14)21(18,19)16-8-4-6-13-5-2-3-7-15(13)16/h2-8,14H,9-12H2,1H3. The predicted octanol–water partition coefficient (Wildman–Crippen LogP) is 2.64. The number of hydrogen-bond donors (Lipinski definition) is 0. The quantitative estimate of drug-likeness (QED) is 0.876. The van der Waals surface area contributed by atoms with E-state index in [1.54, 1.807) is 19.2 Å². The Balaban J connectivity index is 2.03. The van der Waals surface area contributed by atoms with Crippen LogP contribution in [0.25, 0.3) is 10.8 Å². The third kappa shape index (κ3) is 2.69. The summed E-state index contributed by atoms with van der Waals surface area (Å²) in [6.07, 6.45) is 1.50. The molecule has 1 heterocycles. The van der Waals surface area contributed by atoms with E-state index in [0.29, 0.717) is 18.1 Å². The summed E-state index contributed by atoms with van der Waals surface area (Å²) in [5, 5.41) is 1.72. The first kappa shape index (κ1) is 14.5. The zero-order chi connectivity index (χ0) is 14.9. The summed E-state index contributed by atoms with van der Waals surface area (Å²) < 4.78 is 32.7. The molecule has 0 N–H and O–H groups in total. The number of sulfonamides is 1. The Bertz CT molecular complexity index is 731. The molecule has 0 aromatic heterocycles. The summed E-state index contributed by atoms with van der Waals surface area (Å²) in [6.45, 7) is 1.25.